The molecule has 2 aromatic rings. The second-order valence-corrected chi connectivity index (χ2v) is 7.79. The van der Waals surface area contributed by atoms with Gasteiger partial charge in [0.1, 0.15) is 0 Å². The van der Waals surface area contributed by atoms with Crippen molar-refractivity contribution in [1.29, 1.82) is 0 Å². The smallest absolute Gasteiger partial charge is 0.254 e. The van der Waals surface area contributed by atoms with E-state index in [1.54, 1.807) is 55.4 Å². The minimum absolute atomic E-state index is 0.0626. The summed E-state index contributed by atoms with van der Waals surface area (Å²) >= 11 is 0. The fraction of sp³-hybridized carbons (Fsp3) is 0.333. The van der Waals surface area contributed by atoms with Gasteiger partial charge < -0.3 is 9.80 Å². The number of amides is 4. The predicted molar refractivity (Wildman–Crippen MR) is 116 cm³/mol. The Bertz CT molecular complexity index is 965. The molecule has 1 fully saturated rings. The number of imide groups is 1. The number of nitrogens with zero attached hydrogens (tertiary/aromatic N) is 3. The molecule has 1 aliphatic rings. The molecule has 7 heteroatoms. The van der Waals surface area contributed by atoms with E-state index in [1.165, 1.54) is 9.80 Å². The molecule has 3 rings (SSSR count). The van der Waals surface area contributed by atoms with Crippen LogP contribution < -0.4 is 0 Å². The van der Waals surface area contributed by atoms with Crippen LogP contribution in [0.5, 0.6) is 0 Å². The molecular formula is C24H27N3O4. The van der Waals surface area contributed by atoms with Crippen molar-refractivity contribution < 1.29 is 19.2 Å². The topological polar surface area (TPSA) is 78.0 Å². The first-order chi connectivity index (χ1) is 14.8. The van der Waals surface area contributed by atoms with E-state index in [-0.39, 0.29) is 43.0 Å². The molecule has 7 nitrogen and oxygen atoms in total. The number of carbonyl (C=O) groups is 4. The first-order valence-corrected chi connectivity index (χ1v) is 10.3. The Balaban J connectivity index is 1.65. The first-order valence-electron chi connectivity index (χ1n) is 10.3. The van der Waals surface area contributed by atoms with Gasteiger partial charge in [0.25, 0.3) is 11.8 Å². The molecule has 0 saturated carbocycles. The molecule has 0 bridgehead atoms. The summed E-state index contributed by atoms with van der Waals surface area (Å²) in [7, 11) is 3.42. The van der Waals surface area contributed by atoms with Crippen LogP contribution in [0.1, 0.15) is 51.6 Å². The Hall–Kier alpha value is -3.48. The van der Waals surface area contributed by atoms with Gasteiger partial charge in [0, 0.05) is 51.2 Å². The molecule has 0 aliphatic carbocycles. The van der Waals surface area contributed by atoms with Crippen LogP contribution >= 0.6 is 0 Å². The summed E-state index contributed by atoms with van der Waals surface area (Å²) in [5.41, 5.74) is 2.90. The molecule has 1 aliphatic heterocycles. The molecule has 1 heterocycles. The van der Waals surface area contributed by atoms with Crippen molar-refractivity contribution >= 4 is 23.6 Å². The zero-order valence-corrected chi connectivity index (χ0v) is 18.1. The Morgan fingerprint density at radius 2 is 1.29 bits per heavy atom. The second kappa shape index (κ2) is 9.55. The van der Waals surface area contributed by atoms with Crippen molar-refractivity contribution in [3.63, 3.8) is 0 Å². The first kappa shape index (κ1) is 22.2. The van der Waals surface area contributed by atoms with Gasteiger partial charge in [-0.2, -0.15) is 0 Å². The lowest BCUT2D eigenvalue weighted by molar-refractivity contribution is -0.139. The number of rotatable bonds is 7. The molecule has 0 atom stereocenters. The molecule has 1 saturated heterocycles. The standard InChI is InChI=1S/C24H27N3O4/c1-4-26(15-17-5-9-19(10-6-17)23(30)25(2)3)24(31)20-11-7-18(8-12-20)16-27-21(28)13-14-22(27)29/h5-12H,4,13-16H2,1-3H3. The fourth-order valence-electron chi connectivity index (χ4n) is 3.48. The van der Waals surface area contributed by atoms with Crippen molar-refractivity contribution in [2.75, 3.05) is 20.6 Å². The highest BCUT2D eigenvalue weighted by Crippen LogP contribution is 2.17. The molecule has 31 heavy (non-hydrogen) atoms. The third-order valence-electron chi connectivity index (χ3n) is 5.35. The maximum Gasteiger partial charge on any atom is 0.254 e. The van der Waals surface area contributed by atoms with E-state index >= 15 is 0 Å². The lowest BCUT2D eigenvalue weighted by atomic mass is 10.1. The van der Waals surface area contributed by atoms with Gasteiger partial charge >= 0.3 is 0 Å². The zero-order chi connectivity index (χ0) is 22.5. The second-order valence-electron chi connectivity index (χ2n) is 7.79. The largest absolute Gasteiger partial charge is 0.345 e. The average molecular weight is 421 g/mol. The lowest BCUT2D eigenvalue weighted by Gasteiger charge is -2.22. The summed E-state index contributed by atoms with van der Waals surface area (Å²) in [6.45, 7) is 3.13. The van der Waals surface area contributed by atoms with Gasteiger partial charge in [-0.3, -0.25) is 24.1 Å². The molecule has 0 spiro atoms. The van der Waals surface area contributed by atoms with Gasteiger partial charge in [-0.1, -0.05) is 24.3 Å². The summed E-state index contributed by atoms with van der Waals surface area (Å²) in [6, 6.07) is 14.3. The van der Waals surface area contributed by atoms with Crippen LogP contribution in [0.3, 0.4) is 0 Å². The zero-order valence-electron chi connectivity index (χ0n) is 18.1. The number of hydrogen-bond donors (Lipinski definition) is 0. The maximum atomic E-state index is 13.0. The minimum atomic E-state index is -0.152. The third kappa shape index (κ3) is 5.17. The van der Waals surface area contributed by atoms with Crippen molar-refractivity contribution in [2.45, 2.75) is 32.9 Å². The summed E-state index contributed by atoms with van der Waals surface area (Å²) in [6.07, 6.45) is 0.538. The highest BCUT2D eigenvalue weighted by atomic mass is 16.2. The van der Waals surface area contributed by atoms with E-state index in [9.17, 15) is 19.2 Å². The van der Waals surface area contributed by atoms with Gasteiger partial charge in [-0.25, -0.2) is 0 Å². The van der Waals surface area contributed by atoms with Crippen LogP contribution in [0.2, 0.25) is 0 Å². The Labute approximate surface area is 182 Å². The molecule has 0 unspecified atom stereocenters. The van der Waals surface area contributed by atoms with Crippen LogP contribution in [-0.4, -0.2) is 59.0 Å². The van der Waals surface area contributed by atoms with E-state index < -0.39 is 0 Å². The van der Waals surface area contributed by atoms with Gasteiger partial charge in [-0.15, -0.1) is 0 Å². The van der Waals surface area contributed by atoms with Crippen LogP contribution in [0, 0.1) is 0 Å². The number of hydrogen-bond acceptors (Lipinski definition) is 4. The maximum absolute atomic E-state index is 13.0. The van der Waals surface area contributed by atoms with Crippen LogP contribution in [0.15, 0.2) is 48.5 Å². The van der Waals surface area contributed by atoms with Crippen LogP contribution in [0.25, 0.3) is 0 Å². The van der Waals surface area contributed by atoms with Gasteiger partial charge in [0.2, 0.25) is 11.8 Å². The minimum Gasteiger partial charge on any atom is -0.345 e. The third-order valence-corrected chi connectivity index (χ3v) is 5.35. The highest BCUT2D eigenvalue weighted by molar-refractivity contribution is 6.01. The van der Waals surface area contributed by atoms with E-state index in [0.29, 0.717) is 24.2 Å². The Morgan fingerprint density at radius 3 is 1.77 bits per heavy atom. The van der Waals surface area contributed by atoms with Crippen LogP contribution in [0.4, 0.5) is 0 Å². The van der Waals surface area contributed by atoms with E-state index in [4.69, 9.17) is 0 Å². The number of benzene rings is 2. The Morgan fingerprint density at radius 1 is 0.806 bits per heavy atom. The highest BCUT2D eigenvalue weighted by Gasteiger charge is 2.28. The van der Waals surface area contributed by atoms with Crippen molar-refractivity contribution in [3.05, 3.63) is 70.8 Å². The molecule has 2 aromatic carbocycles. The van der Waals surface area contributed by atoms with Gasteiger partial charge in [-0.05, 0) is 42.3 Å². The van der Waals surface area contributed by atoms with Crippen molar-refractivity contribution in [1.82, 2.24) is 14.7 Å². The molecule has 0 N–H and O–H groups in total. The number of likely N-dealkylation sites (tertiary alicyclic amines) is 1. The van der Waals surface area contributed by atoms with Gasteiger partial charge in [0.05, 0.1) is 6.54 Å². The monoisotopic (exact) mass is 421 g/mol. The number of carbonyl (C=O) groups excluding carboxylic acids is 4. The normalized spacial score (nSPS) is 13.5. The van der Waals surface area contributed by atoms with Crippen molar-refractivity contribution in [2.24, 2.45) is 0 Å². The van der Waals surface area contributed by atoms with E-state index in [2.05, 4.69) is 0 Å². The van der Waals surface area contributed by atoms with Crippen LogP contribution in [-0.2, 0) is 22.7 Å². The summed E-state index contributed by atoms with van der Waals surface area (Å²) in [5, 5.41) is 0. The molecule has 0 aromatic heterocycles. The quantitative estimate of drug-likeness (QED) is 0.644. The van der Waals surface area contributed by atoms with E-state index in [0.717, 1.165) is 11.1 Å². The van der Waals surface area contributed by atoms with E-state index in [1.807, 2.05) is 19.1 Å². The van der Waals surface area contributed by atoms with Gasteiger partial charge in [0.15, 0.2) is 0 Å². The molecule has 162 valence electrons. The molecule has 4 amide bonds. The Kier molecular flexibility index (Phi) is 6.84. The summed E-state index contributed by atoms with van der Waals surface area (Å²) in [4.78, 5) is 53.0. The molecular weight excluding hydrogens is 394 g/mol. The summed E-state index contributed by atoms with van der Waals surface area (Å²) < 4.78 is 0. The fourth-order valence-corrected chi connectivity index (χ4v) is 3.48. The SMILES string of the molecule is CCN(Cc1ccc(C(=O)N(C)C)cc1)C(=O)c1ccc(CN2C(=O)CCC2=O)cc1. The lowest BCUT2D eigenvalue weighted by Crippen LogP contribution is -2.30. The summed E-state index contributed by atoms with van der Waals surface area (Å²) in [5.74, 6) is -0.468. The average Bonchev–Trinajstić information content (AvgIpc) is 3.09. The molecule has 0 radical (unpaired) electrons. The predicted octanol–water partition coefficient (Wildman–Crippen LogP) is 2.70. The van der Waals surface area contributed by atoms with Crippen molar-refractivity contribution in [3.8, 4) is 0 Å².